The summed E-state index contributed by atoms with van der Waals surface area (Å²) in [6.45, 7) is 2.24. The van der Waals surface area contributed by atoms with Crippen molar-refractivity contribution < 1.29 is 24.2 Å². The summed E-state index contributed by atoms with van der Waals surface area (Å²) in [6, 6.07) is 0. The molecular formula is C24H38O5. The van der Waals surface area contributed by atoms with Crippen molar-refractivity contribution in [3.05, 3.63) is 23.3 Å². The third-order valence-electron chi connectivity index (χ3n) is 5.32. The molecule has 5 nitrogen and oxygen atoms in total. The Hall–Kier alpha value is -1.91. The fraction of sp³-hybridized carbons (Fsp3) is 0.708. The fourth-order valence-corrected chi connectivity index (χ4v) is 3.56. The average Bonchev–Trinajstić information content (AvgIpc) is 2.95. The molecule has 1 aliphatic rings. The Balaban J connectivity index is 2.04. The van der Waals surface area contributed by atoms with Crippen LogP contribution in [0.1, 0.15) is 110 Å². The van der Waals surface area contributed by atoms with Crippen LogP contribution < -0.4 is 0 Å². The minimum absolute atomic E-state index is 0.0719. The molecule has 0 saturated heterocycles. The molecule has 0 aromatic carbocycles. The van der Waals surface area contributed by atoms with E-state index >= 15 is 0 Å². The number of carboxylic acids is 1. The third-order valence-corrected chi connectivity index (χ3v) is 5.32. The van der Waals surface area contributed by atoms with Crippen molar-refractivity contribution in [2.75, 3.05) is 0 Å². The Bertz CT molecular complexity index is 574. The SMILES string of the molecule is CCCCCC/C=C/CCCCCCCCCC1=C(CCC(=O)O)C(=O)OC1=O. The van der Waals surface area contributed by atoms with Gasteiger partial charge in [-0.05, 0) is 44.9 Å². The highest BCUT2D eigenvalue weighted by molar-refractivity contribution is 6.12. The molecule has 0 saturated carbocycles. The number of hydrogen-bond acceptors (Lipinski definition) is 4. The predicted octanol–water partition coefficient (Wildman–Crippen LogP) is 6.27. The molecule has 0 amide bonds. The molecule has 5 heteroatoms. The molecule has 29 heavy (non-hydrogen) atoms. The van der Waals surface area contributed by atoms with E-state index in [0.29, 0.717) is 12.0 Å². The van der Waals surface area contributed by atoms with Crippen LogP contribution >= 0.6 is 0 Å². The van der Waals surface area contributed by atoms with Gasteiger partial charge in [-0.15, -0.1) is 0 Å². The number of rotatable bonds is 18. The molecule has 164 valence electrons. The third kappa shape index (κ3) is 11.6. The molecular weight excluding hydrogens is 368 g/mol. The van der Waals surface area contributed by atoms with Crippen molar-refractivity contribution in [1.29, 1.82) is 0 Å². The number of carboxylic acid groups (broad SMARTS) is 1. The lowest BCUT2D eigenvalue weighted by Gasteiger charge is -2.03. The summed E-state index contributed by atoms with van der Waals surface area (Å²) in [6.07, 6.45) is 20.6. The van der Waals surface area contributed by atoms with E-state index in [-0.39, 0.29) is 18.4 Å². The number of esters is 2. The Kier molecular flexibility index (Phi) is 13.8. The highest BCUT2D eigenvalue weighted by atomic mass is 16.6. The lowest BCUT2D eigenvalue weighted by atomic mass is 9.99. The lowest BCUT2D eigenvalue weighted by Crippen LogP contribution is -2.03. The molecule has 0 atom stereocenters. The smallest absolute Gasteiger partial charge is 0.342 e. The number of carbonyl (C=O) groups excluding carboxylic acids is 2. The first-order valence-corrected chi connectivity index (χ1v) is 11.4. The topological polar surface area (TPSA) is 80.7 Å². The fourth-order valence-electron chi connectivity index (χ4n) is 3.56. The van der Waals surface area contributed by atoms with Crippen LogP contribution in [0.15, 0.2) is 23.3 Å². The maximum atomic E-state index is 11.8. The normalized spacial score (nSPS) is 14.2. The number of hydrogen-bond donors (Lipinski definition) is 1. The Morgan fingerprint density at radius 1 is 0.759 bits per heavy atom. The van der Waals surface area contributed by atoms with E-state index < -0.39 is 17.9 Å². The Labute approximate surface area is 175 Å². The maximum absolute atomic E-state index is 11.8. The molecule has 0 radical (unpaired) electrons. The van der Waals surface area contributed by atoms with Crippen LogP contribution in [0.4, 0.5) is 0 Å². The van der Waals surface area contributed by atoms with E-state index in [1.54, 1.807) is 0 Å². The van der Waals surface area contributed by atoms with Gasteiger partial charge in [0.1, 0.15) is 0 Å². The zero-order valence-electron chi connectivity index (χ0n) is 18.0. The van der Waals surface area contributed by atoms with Gasteiger partial charge in [0.05, 0.1) is 0 Å². The zero-order chi connectivity index (χ0) is 21.3. The number of ether oxygens (including phenoxy) is 1. The molecule has 0 fully saturated rings. The quantitative estimate of drug-likeness (QED) is 0.126. The highest BCUT2D eigenvalue weighted by Gasteiger charge is 2.32. The zero-order valence-corrected chi connectivity index (χ0v) is 18.0. The van der Waals surface area contributed by atoms with Gasteiger partial charge >= 0.3 is 17.9 Å². The molecule has 1 aliphatic heterocycles. The summed E-state index contributed by atoms with van der Waals surface area (Å²) in [5.74, 6) is -2.23. The number of carbonyl (C=O) groups is 3. The summed E-state index contributed by atoms with van der Waals surface area (Å²) in [4.78, 5) is 34.1. The number of aliphatic carboxylic acids is 1. The second kappa shape index (κ2) is 15.9. The van der Waals surface area contributed by atoms with E-state index in [0.717, 1.165) is 19.3 Å². The summed E-state index contributed by atoms with van der Waals surface area (Å²) in [5.41, 5.74) is 0.647. The molecule has 0 aliphatic carbocycles. The van der Waals surface area contributed by atoms with Gasteiger partial charge in [-0.2, -0.15) is 0 Å². The van der Waals surface area contributed by atoms with Crippen LogP contribution in [0.5, 0.6) is 0 Å². The first-order chi connectivity index (χ1) is 14.1. The molecule has 0 aromatic heterocycles. The summed E-state index contributed by atoms with van der Waals surface area (Å²) >= 11 is 0. The van der Waals surface area contributed by atoms with E-state index in [2.05, 4.69) is 23.8 Å². The van der Waals surface area contributed by atoms with Crippen molar-refractivity contribution in [3.8, 4) is 0 Å². The molecule has 1 rings (SSSR count). The molecule has 0 unspecified atom stereocenters. The molecule has 1 N–H and O–H groups in total. The largest absolute Gasteiger partial charge is 0.481 e. The van der Waals surface area contributed by atoms with Crippen LogP contribution in [0, 0.1) is 0 Å². The first-order valence-electron chi connectivity index (χ1n) is 11.4. The maximum Gasteiger partial charge on any atom is 0.342 e. The van der Waals surface area contributed by atoms with E-state index in [9.17, 15) is 14.4 Å². The number of allylic oxidation sites excluding steroid dienone is 2. The van der Waals surface area contributed by atoms with Crippen molar-refractivity contribution in [2.45, 2.75) is 110 Å². The average molecular weight is 407 g/mol. The van der Waals surface area contributed by atoms with Gasteiger partial charge in [0.15, 0.2) is 0 Å². The van der Waals surface area contributed by atoms with Crippen LogP contribution in [-0.4, -0.2) is 23.0 Å². The second-order valence-electron chi connectivity index (χ2n) is 7.86. The van der Waals surface area contributed by atoms with Crippen LogP contribution in [0.3, 0.4) is 0 Å². The van der Waals surface area contributed by atoms with Crippen molar-refractivity contribution in [1.82, 2.24) is 0 Å². The van der Waals surface area contributed by atoms with Crippen LogP contribution in [-0.2, 0) is 19.1 Å². The van der Waals surface area contributed by atoms with Gasteiger partial charge in [0, 0.05) is 17.6 Å². The lowest BCUT2D eigenvalue weighted by molar-refractivity contribution is -0.151. The minimum Gasteiger partial charge on any atom is -0.481 e. The molecule has 1 heterocycles. The van der Waals surface area contributed by atoms with E-state index in [4.69, 9.17) is 5.11 Å². The molecule has 0 spiro atoms. The van der Waals surface area contributed by atoms with Crippen molar-refractivity contribution >= 4 is 17.9 Å². The summed E-state index contributed by atoms with van der Waals surface area (Å²) in [5, 5.41) is 8.77. The van der Waals surface area contributed by atoms with Crippen LogP contribution in [0.25, 0.3) is 0 Å². The number of unbranched alkanes of at least 4 members (excludes halogenated alkanes) is 11. The Morgan fingerprint density at radius 3 is 1.79 bits per heavy atom. The molecule has 0 aromatic rings. The Morgan fingerprint density at radius 2 is 1.24 bits per heavy atom. The van der Waals surface area contributed by atoms with E-state index in [1.807, 2.05) is 0 Å². The van der Waals surface area contributed by atoms with E-state index in [1.165, 1.54) is 64.2 Å². The summed E-state index contributed by atoms with van der Waals surface area (Å²) < 4.78 is 4.64. The number of cyclic esters (lactones) is 2. The predicted molar refractivity (Wildman–Crippen MR) is 114 cm³/mol. The monoisotopic (exact) mass is 406 g/mol. The van der Waals surface area contributed by atoms with Crippen molar-refractivity contribution in [2.24, 2.45) is 0 Å². The first kappa shape index (κ1) is 25.1. The standard InChI is InChI=1S/C24H38O5/c1-2-3-4-5-6-7-8-9-10-11-12-13-14-15-16-17-20-21(18-19-22(25)26)24(28)29-23(20)27/h7-8H,2-6,9-19H2,1H3,(H,25,26)/b8-7+. The summed E-state index contributed by atoms with van der Waals surface area (Å²) in [7, 11) is 0. The highest BCUT2D eigenvalue weighted by Crippen LogP contribution is 2.26. The second-order valence-corrected chi connectivity index (χ2v) is 7.86. The minimum atomic E-state index is -0.980. The van der Waals surface area contributed by atoms with Gasteiger partial charge < -0.3 is 9.84 Å². The van der Waals surface area contributed by atoms with Gasteiger partial charge in [0.25, 0.3) is 0 Å². The van der Waals surface area contributed by atoms with Gasteiger partial charge in [0.2, 0.25) is 0 Å². The molecule has 0 bridgehead atoms. The van der Waals surface area contributed by atoms with Crippen molar-refractivity contribution in [3.63, 3.8) is 0 Å². The van der Waals surface area contributed by atoms with Gasteiger partial charge in [-0.1, -0.05) is 70.4 Å². The van der Waals surface area contributed by atoms with Gasteiger partial charge in [-0.3, -0.25) is 4.79 Å². The van der Waals surface area contributed by atoms with Gasteiger partial charge in [-0.25, -0.2) is 9.59 Å². The van der Waals surface area contributed by atoms with Crippen LogP contribution in [0.2, 0.25) is 0 Å².